The molecule has 2 nitrogen and oxygen atoms in total. The lowest BCUT2D eigenvalue weighted by atomic mass is 9.91. The normalized spacial score (nSPS) is 10.5. The van der Waals surface area contributed by atoms with E-state index in [1.54, 1.807) is 6.92 Å². The molecule has 132 valence electrons. The number of Topliss-reactive ketones (excluding diaryl/α,β-unsaturated/α-hetero) is 1. The van der Waals surface area contributed by atoms with Crippen LogP contribution >= 0.6 is 0 Å². The first-order valence-electron chi connectivity index (χ1n) is 9.10. The Balaban J connectivity index is 1.84. The molecular weight excluding hydrogens is 318 g/mol. The largest absolute Gasteiger partial charge is 0.384 e. The van der Waals surface area contributed by atoms with Crippen LogP contribution in [0.15, 0.2) is 72.8 Å². The predicted octanol–water partition coefficient (Wildman–Crippen LogP) is 5.45. The number of carbonyl (C=O) groups excluding carboxylic acids is 1. The van der Waals surface area contributed by atoms with Crippen LogP contribution in [0.5, 0.6) is 0 Å². The second-order valence-electron chi connectivity index (χ2n) is 6.67. The van der Waals surface area contributed by atoms with Crippen molar-refractivity contribution in [1.29, 1.82) is 0 Å². The van der Waals surface area contributed by atoms with Crippen LogP contribution in [0.25, 0.3) is 11.1 Å². The third-order valence-corrected chi connectivity index (χ3v) is 4.68. The Kier molecular flexibility index (Phi) is 5.85. The summed E-state index contributed by atoms with van der Waals surface area (Å²) in [7, 11) is 0. The molecule has 0 fully saturated rings. The molecule has 3 aromatic carbocycles. The van der Waals surface area contributed by atoms with Crippen molar-refractivity contribution in [3.05, 3.63) is 89.5 Å². The summed E-state index contributed by atoms with van der Waals surface area (Å²) in [6.45, 7) is 4.63. The van der Waals surface area contributed by atoms with Crippen LogP contribution in [0.4, 0.5) is 5.69 Å². The Labute approximate surface area is 155 Å². The van der Waals surface area contributed by atoms with Crippen molar-refractivity contribution in [3.63, 3.8) is 0 Å². The van der Waals surface area contributed by atoms with Crippen LogP contribution in [0, 0.1) is 6.92 Å². The Morgan fingerprint density at radius 3 is 2.19 bits per heavy atom. The fourth-order valence-electron chi connectivity index (χ4n) is 3.30. The van der Waals surface area contributed by atoms with Gasteiger partial charge in [-0.15, -0.1) is 0 Å². The van der Waals surface area contributed by atoms with Crippen molar-refractivity contribution in [2.45, 2.75) is 26.7 Å². The molecular formula is C24H25NO. The molecule has 0 unspecified atom stereocenters. The van der Waals surface area contributed by atoms with Crippen molar-refractivity contribution in [1.82, 2.24) is 0 Å². The quantitative estimate of drug-likeness (QED) is 0.618. The summed E-state index contributed by atoms with van der Waals surface area (Å²) in [5, 5.41) is 3.54. The minimum atomic E-state index is 0.187. The zero-order valence-corrected chi connectivity index (χ0v) is 15.5. The molecule has 0 radical (unpaired) electrons. The summed E-state index contributed by atoms with van der Waals surface area (Å²) >= 11 is 0. The highest BCUT2D eigenvalue weighted by Crippen LogP contribution is 2.31. The Morgan fingerprint density at radius 1 is 0.885 bits per heavy atom. The lowest BCUT2D eigenvalue weighted by Gasteiger charge is -2.17. The maximum Gasteiger partial charge on any atom is 0.134 e. The zero-order valence-electron chi connectivity index (χ0n) is 15.5. The second-order valence-corrected chi connectivity index (χ2v) is 6.67. The van der Waals surface area contributed by atoms with Gasteiger partial charge in [0.2, 0.25) is 0 Å². The van der Waals surface area contributed by atoms with E-state index in [2.05, 4.69) is 60.8 Å². The minimum Gasteiger partial charge on any atom is -0.384 e. The third kappa shape index (κ3) is 4.40. The molecule has 0 atom stereocenters. The van der Waals surface area contributed by atoms with E-state index in [0.717, 1.165) is 40.9 Å². The van der Waals surface area contributed by atoms with Crippen molar-refractivity contribution >= 4 is 11.5 Å². The highest BCUT2D eigenvalue weighted by atomic mass is 16.1. The summed E-state index contributed by atoms with van der Waals surface area (Å²) in [6, 6.07) is 25.0. The van der Waals surface area contributed by atoms with Gasteiger partial charge in [-0.1, -0.05) is 66.7 Å². The molecule has 0 aliphatic heterocycles. The van der Waals surface area contributed by atoms with Gasteiger partial charge in [0.15, 0.2) is 0 Å². The molecule has 0 spiro atoms. The van der Waals surface area contributed by atoms with Gasteiger partial charge in [0, 0.05) is 18.7 Å². The van der Waals surface area contributed by atoms with Gasteiger partial charge >= 0.3 is 0 Å². The summed E-state index contributed by atoms with van der Waals surface area (Å²) in [5.41, 5.74) is 7.01. The minimum absolute atomic E-state index is 0.187. The number of rotatable bonds is 7. The van der Waals surface area contributed by atoms with Crippen LogP contribution < -0.4 is 5.32 Å². The van der Waals surface area contributed by atoms with Crippen LogP contribution in [0.3, 0.4) is 0 Å². The molecule has 0 saturated heterocycles. The van der Waals surface area contributed by atoms with Crippen molar-refractivity contribution in [3.8, 4) is 11.1 Å². The molecule has 0 aromatic heterocycles. The molecule has 3 rings (SSSR count). The van der Waals surface area contributed by atoms with Gasteiger partial charge in [0.25, 0.3) is 0 Å². The summed E-state index contributed by atoms with van der Waals surface area (Å²) < 4.78 is 0. The number of ketones is 1. The summed E-state index contributed by atoms with van der Waals surface area (Å²) in [5.74, 6) is 0.187. The van der Waals surface area contributed by atoms with Gasteiger partial charge in [-0.05, 0) is 54.2 Å². The molecule has 26 heavy (non-hydrogen) atoms. The van der Waals surface area contributed by atoms with E-state index in [0.29, 0.717) is 6.42 Å². The van der Waals surface area contributed by atoms with E-state index in [9.17, 15) is 4.79 Å². The predicted molar refractivity (Wildman–Crippen MR) is 110 cm³/mol. The third-order valence-electron chi connectivity index (χ3n) is 4.68. The number of hydrogen-bond acceptors (Lipinski definition) is 2. The van der Waals surface area contributed by atoms with Crippen LogP contribution in [-0.4, -0.2) is 12.3 Å². The van der Waals surface area contributed by atoms with E-state index in [1.165, 1.54) is 5.56 Å². The Morgan fingerprint density at radius 2 is 1.54 bits per heavy atom. The van der Waals surface area contributed by atoms with Crippen LogP contribution in [0.1, 0.15) is 23.6 Å². The SMILES string of the molecule is CC(=O)Cc1c(-c2ccccc2)ccc(NCCc2ccccc2)c1C. The lowest BCUT2D eigenvalue weighted by Crippen LogP contribution is -2.09. The smallest absolute Gasteiger partial charge is 0.134 e. The number of benzene rings is 3. The van der Waals surface area contributed by atoms with Crippen molar-refractivity contribution < 1.29 is 4.79 Å². The molecule has 0 aliphatic rings. The molecule has 0 amide bonds. The van der Waals surface area contributed by atoms with Crippen molar-refractivity contribution in [2.24, 2.45) is 0 Å². The first-order chi connectivity index (χ1) is 12.6. The second kappa shape index (κ2) is 8.48. The summed E-state index contributed by atoms with van der Waals surface area (Å²) in [6.07, 6.45) is 1.44. The fraction of sp³-hybridized carbons (Fsp3) is 0.208. The highest BCUT2D eigenvalue weighted by Gasteiger charge is 2.13. The van der Waals surface area contributed by atoms with Gasteiger partial charge in [-0.25, -0.2) is 0 Å². The van der Waals surface area contributed by atoms with Gasteiger partial charge in [0.1, 0.15) is 5.78 Å². The maximum absolute atomic E-state index is 11.8. The summed E-state index contributed by atoms with van der Waals surface area (Å²) in [4.78, 5) is 11.8. The molecule has 2 heteroatoms. The Hall–Kier alpha value is -2.87. The lowest BCUT2D eigenvalue weighted by molar-refractivity contribution is -0.116. The van der Waals surface area contributed by atoms with Gasteiger partial charge in [-0.2, -0.15) is 0 Å². The van der Waals surface area contributed by atoms with Gasteiger partial charge in [0.05, 0.1) is 0 Å². The van der Waals surface area contributed by atoms with E-state index in [1.807, 2.05) is 24.3 Å². The monoisotopic (exact) mass is 343 g/mol. The maximum atomic E-state index is 11.8. The van der Waals surface area contributed by atoms with E-state index in [-0.39, 0.29) is 5.78 Å². The molecule has 0 heterocycles. The first-order valence-corrected chi connectivity index (χ1v) is 9.10. The average molecular weight is 343 g/mol. The standard InChI is InChI=1S/C24H25NO/c1-18(26)17-23-19(2)24(25-16-15-20-9-5-3-6-10-20)14-13-22(23)21-11-7-4-8-12-21/h3-14,25H,15-17H2,1-2H3. The fourth-order valence-corrected chi connectivity index (χ4v) is 3.30. The number of anilines is 1. The van der Waals surface area contributed by atoms with E-state index in [4.69, 9.17) is 0 Å². The molecule has 0 bridgehead atoms. The number of hydrogen-bond donors (Lipinski definition) is 1. The van der Waals surface area contributed by atoms with E-state index >= 15 is 0 Å². The average Bonchev–Trinajstić information content (AvgIpc) is 2.66. The number of nitrogens with one attached hydrogen (secondary N) is 1. The van der Waals surface area contributed by atoms with Gasteiger partial charge < -0.3 is 5.32 Å². The topological polar surface area (TPSA) is 29.1 Å². The number of carbonyl (C=O) groups is 1. The highest BCUT2D eigenvalue weighted by molar-refractivity contribution is 5.84. The van der Waals surface area contributed by atoms with Crippen molar-refractivity contribution in [2.75, 3.05) is 11.9 Å². The molecule has 1 N–H and O–H groups in total. The first kappa shape index (κ1) is 17.9. The van der Waals surface area contributed by atoms with E-state index < -0.39 is 0 Å². The van der Waals surface area contributed by atoms with Crippen LogP contribution in [0.2, 0.25) is 0 Å². The molecule has 3 aromatic rings. The molecule has 0 saturated carbocycles. The zero-order chi connectivity index (χ0) is 18.4. The molecule has 0 aliphatic carbocycles. The Bertz CT molecular complexity index is 869. The van der Waals surface area contributed by atoms with Gasteiger partial charge in [-0.3, -0.25) is 4.79 Å². The van der Waals surface area contributed by atoms with Crippen LogP contribution in [-0.2, 0) is 17.6 Å².